The van der Waals surface area contributed by atoms with E-state index in [1.807, 2.05) is 55.5 Å². The number of rotatable bonds is 7. The van der Waals surface area contributed by atoms with E-state index in [0.29, 0.717) is 50.3 Å². The molecule has 0 atom stereocenters. The molecule has 5 nitrogen and oxygen atoms in total. The second-order valence-corrected chi connectivity index (χ2v) is 9.90. The monoisotopic (exact) mass is 576 g/mol. The number of benzene rings is 3. The van der Waals surface area contributed by atoms with Gasteiger partial charge in [-0.2, -0.15) is 0 Å². The van der Waals surface area contributed by atoms with Crippen LogP contribution in [0.3, 0.4) is 0 Å². The summed E-state index contributed by atoms with van der Waals surface area (Å²) in [6.45, 7) is 2.86. The van der Waals surface area contributed by atoms with Crippen molar-refractivity contribution in [2.75, 3.05) is 6.61 Å². The highest BCUT2D eigenvalue weighted by Gasteiger charge is 2.24. The van der Waals surface area contributed by atoms with Crippen molar-refractivity contribution in [3.63, 3.8) is 0 Å². The van der Waals surface area contributed by atoms with Crippen LogP contribution < -0.4 is 14.8 Å². The van der Waals surface area contributed by atoms with Crippen molar-refractivity contribution in [3.05, 3.63) is 91.2 Å². The van der Waals surface area contributed by atoms with Crippen LogP contribution in [0.1, 0.15) is 18.1 Å². The highest BCUT2D eigenvalue weighted by Crippen LogP contribution is 2.37. The van der Waals surface area contributed by atoms with Crippen LogP contribution in [0.5, 0.6) is 11.5 Å². The van der Waals surface area contributed by atoms with Crippen LogP contribution in [0.25, 0.3) is 6.08 Å². The minimum absolute atomic E-state index is 0.238. The van der Waals surface area contributed by atoms with Crippen LogP contribution >= 0.6 is 50.9 Å². The first-order chi connectivity index (χ1) is 16.4. The molecule has 1 fully saturated rings. The standard InChI is InChI=1S/C25H19BrCl2N2O3S/c1-2-32-19-9-7-18(8-10-19)29-25-30-24(31)22(34-25)13-16-11-20(27)23(21(28)12-16)33-14-15-3-5-17(26)6-4-15/h3-13H,2,14H2,1H3,(H,29,30,31)/b22-13+. The van der Waals surface area contributed by atoms with E-state index in [-0.39, 0.29) is 5.91 Å². The van der Waals surface area contributed by atoms with E-state index in [1.54, 1.807) is 18.2 Å². The van der Waals surface area contributed by atoms with Crippen LogP contribution in [0.4, 0.5) is 5.69 Å². The molecule has 0 unspecified atom stereocenters. The van der Waals surface area contributed by atoms with Gasteiger partial charge < -0.3 is 14.8 Å². The minimum Gasteiger partial charge on any atom is -0.494 e. The molecule has 1 aliphatic heterocycles. The number of nitrogens with one attached hydrogen (secondary N) is 1. The number of carbonyl (C=O) groups excluding carboxylic acids is 1. The summed E-state index contributed by atoms with van der Waals surface area (Å²) in [4.78, 5) is 17.4. The third-order valence-corrected chi connectivity index (χ3v) is 6.64. The predicted octanol–water partition coefficient (Wildman–Crippen LogP) is 7.63. The number of hydrogen-bond acceptors (Lipinski definition) is 5. The first kappa shape index (κ1) is 24.7. The molecule has 1 heterocycles. The fourth-order valence-corrected chi connectivity index (χ4v) is 4.79. The van der Waals surface area contributed by atoms with Gasteiger partial charge in [0.1, 0.15) is 12.4 Å². The summed E-state index contributed by atoms with van der Waals surface area (Å²) in [6.07, 6.45) is 1.72. The van der Waals surface area contributed by atoms with E-state index in [2.05, 4.69) is 26.2 Å². The van der Waals surface area contributed by atoms with Crippen molar-refractivity contribution in [3.8, 4) is 11.5 Å². The maximum absolute atomic E-state index is 12.4. The van der Waals surface area contributed by atoms with Gasteiger partial charge in [0.2, 0.25) is 0 Å². The number of ether oxygens (including phenoxy) is 2. The molecular weight excluding hydrogens is 559 g/mol. The lowest BCUT2D eigenvalue weighted by molar-refractivity contribution is -0.115. The Morgan fingerprint density at radius 1 is 1.03 bits per heavy atom. The molecule has 0 aliphatic carbocycles. The zero-order valence-corrected chi connectivity index (χ0v) is 21.9. The topological polar surface area (TPSA) is 59.9 Å². The summed E-state index contributed by atoms with van der Waals surface area (Å²) in [7, 11) is 0. The molecule has 0 spiro atoms. The SMILES string of the molecule is CCOc1ccc(N=C2NC(=O)/C(=C\c3cc(Cl)c(OCc4ccc(Br)cc4)c(Cl)c3)S2)cc1. The van der Waals surface area contributed by atoms with Crippen molar-refractivity contribution in [2.45, 2.75) is 13.5 Å². The number of carbonyl (C=O) groups is 1. The van der Waals surface area contributed by atoms with Crippen molar-refractivity contribution in [1.29, 1.82) is 0 Å². The van der Waals surface area contributed by atoms with Crippen molar-refractivity contribution in [1.82, 2.24) is 5.32 Å². The Morgan fingerprint density at radius 3 is 2.35 bits per heavy atom. The van der Waals surface area contributed by atoms with Gasteiger partial charge in [-0.1, -0.05) is 51.3 Å². The van der Waals surface area contributed by atoms with Gasteiger partial charge >= 0.3 is 0 Å². The van der Waals surface area contributed by atoms with Gasteiger partial charge in [0, 0.05) is 4.47 Å². The zero-order chi connectivity index (χ0) is 24.1. The summed E-state index contributed by atoms with van der Waals surface area (Å²) in [5, 5.41) is 4.00. The van der Waals surface area contributed by atoms with E-state index in [0.717, 1.165) is 15.8 Å². The predicted molar refractivity (Wildman–Crippen MR) is 143 cm³/mol. The lowest BCUT2D eigenvalue weighted by atomic mass is 10.2. The fourth-order valence-electron chi connectivity index (χ4n) is 3.07. The number of nitrogens with zero attached hydrogens (tertiary/aromatic N) is 1. The normalized spacial score (nSPS) is 15.6. The van der Waals surface area contributed by atoms with Crippen molar-refractivity contribution < 1.29 is 14.3 Å². The van der Waals surface area contributed by atoms with E-state index >= 15 is 0 Å². The van der Waals surface area contributed by atoms with Crippen LogP contribution in [0, 0.1) is 0 Å². The van der Waals surface area contributed by atoms with Crippen LogP contribution in [-0.2, 0) is 11.4 Å². The van der Waals surface area contributed by atoms with E-state index < -0.39 is 0 Å². The molecule has 34 heavy (non-hydrogen) atoms. The lowest BCUT2D eigenvalue weighted by Gasteiger charge is -2.11. The minimum atomic E-state index is -0.238. The number of hydrogen-bond donors (Lipinski definition) is 1. The number of halogens is 3. The summed E-state index contributed by atoms with van der Waals surface area (Å²) in [6, 6.07) is 18.6. The molecule has 0 saturated carbocycles. The van der Waals surface area contributed by atoms with Gasteiger partial charge in [0.15, 0.2) is 10.9 Å². The van der Waals surface area contributed by atoms with Gasteiger partial charge in [-0.05, 0) is 84.4 Å². The molecular formula is C25H19BrCl2N2O3S. The number of thioether (sulfide) groups is 1. The Morgan fingerprint density at radius 2 is 1.71 bits per heavy atom. The van der Waals surface area contributed by atoms with Gasteiger partial charge in [-0.25, -0.2) is 4.99 Å². The van der Waals surface area contributed by atoms with E-state index in [4.69, 9.17) is 32.7 Å². The van der Waals surface area contributed by atoms with Crippen LogP contribution in [0.2, 0.25) is 10.0 Å². The van der Waals surface area contributed by atoms with Crippen molar-refractivity contribution in [2.24, 2.45) is 4.99 Å². The molecule has 0 bridgehead atoms. The Bertz CT molecular complexity index is 1240. The van der Waals surface area contributed by atoms with Gasteiger partial charge in [0.25, 0.3) is 5.91 Å². The molecule has 0 radical (unpaired) electrons. The molecule has 3 aromatic rings. The molecule has 4 rings (SSSR count). The summed E-state index contributed by atoms with van der Waals surface area (Å²) >= 11 is 17.5. The maximum atomic E-state index is 12.4. The Hall–Kier alpha value is -2.45. The Kier molecular flexibility index (Phi) is 8.21. The molecule has 0 aromatic heterocycles. The summed E-state index contributed by atoms with van der Waals surface area (Å²) in [5.74, 6) is 0.931. The number of amides is 1. The molecule has 1 amide bonds. The molecule has 1 aliphatic rings. The van der Waals surface area contributed by atoms with Crippen LogP contribution in [0.15, 0.2) is 75.0 Å². The molecule has 1 N–H and O–H groups in total. The van der Waals surface area contributed by atoms with E-state index in [9.17, 15) is 4.79 Å². The van der Waals surface area contributed by atoms with Gasteiger partial charge in [-0.15, -0.1) is 0 Å². The third kappa shape index (κ3) is 6.36. The molecule has 174 valence electrons. The highest BCUT2D eigenvalue weighted by molar-refractivity contribution is 9.10. The smallest absolute Gasteiger partial charge is 0.264 e. The summed E-state index contributed by atoms with van der Waals surface area (Å²) in [5.41, 5.74) is 2.39. The second kappa shape index (κ2) is 11.3. The quantitative estimate of drug-likeness (QED) is 0.293. The fraction of sp³-hybridized carbons (Fsp3) is 0.120. The van der Waals surface area contributed by atoms with E-state index in [1.165, 1.54) is 11.8 Å². The summed E-state index contributed by atoms with van der Waals surface area (Å²) < 4.78 is 12.3. The first-order valence-electron chi connectivity index (χ1n) is 10.3. The Labute approximate surface area is 220 Å². The number of amidine groups is 1. The molecule has 3 aromatic carbocycles. The zero-order valence-electron chi connectivity index (χ0n) is 18.0. The largest absolute Gasteiger partial charge is 0.494 e. The molecule has 9 heteroatoms. The first-order valence-corrected chi connectivity index (χ1v) is 12.7. The Balaban J connectivity index is 1.46. The maximum Gasteiger partial charge on any atom is 0.264 e. The highest BCUT2D eigenvalue weighted by atomic mass is 79.9. The van der Waals surface area contributed by atoms with Gasteiger partial charge in [0.05, 0.1) is 27.2 Å². The molecule has 1 saturated heterocycles. The van der Waals surface area contributed by atoms with Gasteiger partial charge in [-0.3, -0.25) is 4.79 Å². The third-order valence-electron chi connectivity index (χ3n) is 4.64. The second-order valence-electron chi connectivity index (χ2n) is 7.14. The van der Waals surface area contributed by atoms with Crippen molar-refractivity contribution >= 4 is 73.7 Å². The average molecular weight is 578 g/mol. The number of aliphatic imine (C=N–C) groups is 1. The lowest BCUT2D eigenvalue weighted by Crippen LogP contribution is -2.19. The van der Waals surface area contributed by atoms with Crippen LogP contribution in [-0.4, -0.2) is 17.7 Å². The average Bonchev–Trinajstić information content (AvgIpc) is 3.14.